The molecule has 7 heteroatoms. The molecule has 0 aromatic carbocycles. The Kier molecular flexibility index (Phi) is 7.30. The lowest BCUT2D eigenvalue weighted by Crippen LogP contribution is -2.55. The summed E-state index contributed by atoms with van der Waals surface area (Å²) >= 11 is 0. The molecule has 156 valence electrons. The minimum Gasteiger partial charge on any atom is -0.444 e. The van der Waals surface area contributed by atoms with Gasteiger partial charge in [0.2, 0.25) is 0 Å². The van der Waals surface area contributed by atoms with Gasteiger partial charge in [-0.1, -0.05) is 6.92 Å². The highest BCUT2D eigenvalue weighted by atomic mass is 16.6. The zero-order chi connectivity index (χ0) is 21.0. The normalized spacial score (nSPS) is 23.6. The maximum absolute atomic E-state index is 12.7. The minimum absolute atomic E-state index is 0.0454. The van der Waals surface area contributed by atoms with Crippen LogP contribution in [0.15, 0.2) is 0 Å². The molecule has 0 bridgehead atoms. The molecule has 1 saturated heterocycles. The van der Waals surface area contributed by atoms with Gasteiger partial charge in [-0.2, -0.15) is 0 Å². The number of nitrogens with zero attached hydrogens (tertiary/aromatic N) is 1. The van der Waals surface area contributed by atoms with Crippen molar-refractivity contribution in [2.45, 2.75) is 91.9 Å². The summed E-state index contributed by atoms with van der Waals surface area (Å²) in [5, 5.41) is 2.81. The van der Waals surface area contributed by atoms with E-state index in [2.05, 4.69) is 5.32 Å². The Labute approximate surface area is 163 Å². The Bertz CT molecular complexity index is 562. The second-order valence-electron chi connectivity index (χ2n) is 9.87. The van der Waals surface area contributed by atoms with Gasteiger partial charge in [-0.25, -0.2) is 9.59 Å². The quantitative estimate of drug-likeness (QED) is 0.795. The number of alkyl carbamates (subject to hydrolysis) is 1. The highest BCUT2D eigenvalue weighted by Gasteiger charge is 2.40. The van der Waals surface area contributed by atoms with Crippen LogP contribution in [0.1, 0.15) is 74.7 Å². The Balaban J connectivity index is 2.82. The van der Waals surface area contributed by atoms with Crippen LogP contribution in [0.25, 0.3) is 0 Å². The number of hydrogen-bond donors (Lipinski definition) is 1. The van der Waals surface area contributed by atoms with Crippen LogP contribution in [0.4, 0.5) is 9.59 Å². The number of amides is 2. The number of ketones is 1. The molecule has 27 heavy (non-hydrogen) atoms. The lowest BCUT2D eigenvalue weighted by Gasteiger charge is -2.45. The molecule has 1 aliphatic rings. The third-order valence-corrected chi connectivity index (χ3v) is 4.28. The topological polar surface area (TPSA) is 84.9 Å². The van der Waals surface area contributed by atoms with Crippen molar-refractivity contribution in [2.24, 2.45) is 5.41 Å². The number of ether oxygens (including phenoxy) is 2. The van der Waals surface area contributed by atoms with Gasteiger partial charge in [-0.05, 0) is 61.3 Å². The van der Waals surface area contributed by atoms with E-state index in [4.69, 9.17) is 9.47 Å². The van der Waals surface area contributed by atoms with Gasteiger partial charge in [-0.3, -0.25) is 4.79 Å². The van der Waals surface area contributed by atoms with Gasteiger partial charge in [0.25, 0.3) is 0 Å². The summed E-state index contributed by atoms with van der Waals surface area (Å²) in [6.07, 6.45) is 0.899. The second-order valence-corrected chi connectivity index (χ2v) is 9.87. The summed E-state index contributed by atoms with van der Waals surface area (Å²) in [5.74, 6) is 0.0454. The van der Waals surface area contributed by atoms with Crippen molar-refractivity contribution in [3.8, 4) is 0 Å². The molecular formula is C20H36N2O5. The summed E-state index contributed by atoms with van der Waals surface area (Å²) in [4.78, 5) is 37.9. The molecule has 0 aliphatic carbocycles. The van der Waals surface area contributed by atoms with E-state index in [1.54, 1.807) is 4.90 Å². The molecule has 0 aromatic rings. The Morgan fingerprint density at radius 1 is 1.07 bits per heavy atom. The van der Waals surface area contributed by atoms with E-state index < -0.39 is 23.4 Å². The average Bonchev–Trinajstić information content (AvgIpc) is 2.43. The SMILES string of the molecule is CC(=O)C[C@H]1CC[C@](C)(CNC(=O)OC(C)(C)C)CN1C(=O)OC(C)(C)C. The van der Waals surface area contributed by atoms with E-state index in [0.29, 0.717) is 25.9 Å². The van der Waals surface area contributed by atoms with Gasteiger partial charge in [0.15, 0.2) is 0 Å². The standard InChI is InChI=1S/C20H36N2O5/c1-14(23)11-15-9-10-20(8,12-21-16(24)26-18(2,3)4)13-22(15)17(25)27-19(5,6)7/h15H,9-13H2,1-8H3,(H,21,24)/t15-,20-/m1/s1. The van der Waals surface area contributed by atoms with Gasteiger partial charge >= 0.3 is 12.2 Å². The lowest BCUT2D eigenvalue weighted by atomic mass is 9.78. The fourth-order valence-corrected chi connectivity index (χ4v) is 3.11. The number of Topliss-reactive ketones (excluding diaryl/α,β-unsaturated/α-hetero) is 1. The maximum Gasteiger partial charge on any atom is 0.410 e. The van der Waals surface area contributed by atoms with E-state index in [9.17, 15) is 14.4 Å². The molecule has 0 radical (unpaired) electrons. The van der Waals surface area contributed by atoms with Crippen molar-refractivity contribution in [3.05, 3.63) is 0 Å². The number of likely N-dealkylation sites (tertiary alicyclic amines) is 1. The first-order chi connectivity index (χ1) is 12.1. The van der Waals surface area contributed by atoms with Gasteiger partial charge < -0.3 is 19.7 Å². The van der Waals surface area contributed by atoms with Gasteiger partial charge in [0, 0.05) is 31.0 Å². The van der Waals surface area contributed by atoms with Gasteiger partial charge in [-0.15, -0.1) is 0 Å². The molecule has 7 nitrogen and oxygen atoms in total. The summed E-state index contributed by atoms with van der Waals surface area (Å²) in [5.41, 5.74) is -1.49. The maximum atomic E-state index is 12.7. The van der Waals surface area contributed by atoms with Crippen LogP contribution in [0.2, 0.25) is 0 Å². The fourth-order valence-electron chi connectivity index (χ4n) is 3.11. The number of carbonyl (C=O) groups is 3. The number of piperidine rings is 1. The minimum atomic E-state index is -0.611. The average molecular weight is 385 g/mol. The summed E-state index contributed by atoms with van der Waals surface area (Å²) in [6, 6.07) is -0.174. The van der Waals surface area contributed by atoms with Gasteiger partial charge in [0.05, 0.1) is 0 Å². The zero-order valence-electron chi connectivity index (χ0n) is 18.1. The third-order valence-electron chi connectivity index (χ3n) is 4.28. The summed E-state index contributed by atoms with van der Waals surface area (Å²) < 4.78 is 10.8. The molecule has 1 heterocycles. The highest BCUT2D eigenvalue weighted by molar-refractivity contribution is 5.77. The van der Waals surface area contributed by atoms with Crippen molar-refractivity contribution >= 4 is 18.0 Å². The Morgan fingerprint density at radius 3 is 2.11 bits per heavy atom. The third kappa shape index (κ3) is 8.63. The van der Waals surface area contributed by atoms with Crippen molar-refractivity contribution in [2.75, 3.05) is 13.1 Å². The van der Waals surface area contributed by atoms with Crippen molar-refractivity contribution in [3.63, 3.8) is 0 Å². The first kappa shape index (κ1) is 23.2. The Hall–Kier alpha value is -1.79. The van der Waals surface area contributed by atoms with Crippen LogP contribution < -0.4 is 5.32 Å². The molecule has 0 unspecified atom stereocenters. The molecule has 1 N–H and O–H groups in total. The van der Waals surface area contributed by atoms with Crippen LogP contribution in [0, 0.1) is 5.41 Å². The van der Waals surface area contributed by atoms with Crippen LogP contribution in [-0.4, -0.2) is 53.2 Å². The number of rotatable bonds is 4. The fraction of sp³-hybridized carbons (Fsp3) is 0.850. The molecule has 2 atom stereocenters. The first-order valence-electron chi connectivity index (χ1n) is 9.56. The molecule has 0 spiro atoms. The van der Waals surface area contributed by atoms with E-state index >= 15 is 0 Å². The lowest BCUT2D eigenvalue weighted by molar-refractivity contribution is -0.118. The Morgan fingerprint density at radius 2 is 1.63 bits per heavy atom. The van der Waals surface area contributed by atoms with E-state index in [0.717, 1.165) is 6.42 Å². The molecule has 1 aliphatic heterocycles. The van der Waals surface area contributed by atoms with Crippen LogP contribution in [0.5, 0.6) is 0 Å². The monoisotopic (exact) mass is 384 g/mol. The van der Waals surface area contributed by atoms with Crippen molar-refractivity contribution in [1.82, 2.24) is 10.2 Å². The molecule has 1 fully saturated rings. The molecule has 1 rings (SSSR count). The first-order valence-corrected chi connectivity index (χ1v) is 9.56. The second kappa shape index (κ2) is 8.48. The highest BCUT2D eigenvalue weighted by Crippen LogP contribution is 2.34. The van der Waals surface area contributed by atoms with E-state index in [-0.39, 0.29) is 17.2 Å². The molecule has 0 saturated carbocycles. The van der Waals surface area contributed by atoms with Crippen LogP contribution >= 0.6 is 0 Å². The smallest absolute Gasteiger partial charge is 0.410 e. The number of hydrogen-bond acceptors (Lipinski definition) is 5. The van der Waals surface area contributed by atoms with Crippen LogP contribution in [-0.2, 0) is 14.3 Å². The summed E-state index contributed by atoms with van der Waals surface area (Å²) in [7, 11) is 0. The van der Waals surface area contributed by atoms with Crippen molar-refractivity contribution in [1.29, 1.82) is 0 Å². The molecule has 2 amide bonds. The predicted molar refractivity (Wildman–Crippen MR) is 104 cm³/mol. The van der Waals surface area contributed by atoms with E-state index in [1.165, 1.54) is 6.92 Å². The largest absolute Gasteiger partial charge is 0.444 e. The number of carbonyl (C=O) groups excluding carboxylic acids is 3. The van der Waals surface area contributed by atoms with Gasteiger partial charge in [0.1, 0.15) is 17.0 Å². The number of nitrogens with one attached hydrogen (secondary N) is 1. The summed E-state index contributed by atoms with van der Waals surface area (Å²) in [6.45, 7) is 15.2. The van der Waals surface area contributed by atoms with E-state index in [1.807, 2.05) is 48.5 Å². The van der Waals surface area contributed by atoms with Crippen LogP contribution in [0.3, 0.4) is 0 Å². The predicted octanol–water partition coefficient (Wildman–Crippen LogP) is 3.90. The zero-order valence-corrected chi connectivity index (χ0v) is 18.1. The van der Waals surface area contributed by atoms with Crippen molar-refractivity contribution < 1.29 is 23.9 Å². The molecule has 0 aromatic heterocycles. The molecular weight excluding hydrogens is 348 g/mol.